The van der Waals surface area contributed by atoms with Crippen LogP contribution >= 0.6 is 0 Å². The lowest BCUT2D eigenvalue weighted by Crippen LogP contribution is -2.34. The second-order valence-corrected chi connectivity index (χ2v) is 6.02. The molecule has 2 rings (SSSR count). The normalized spacial score (nSPS) is 21.0. The van der Waals surface area contributed by atoms with Gasteiger partial charge in [-0.3, -0.25) is 0 Å². The van der Waals surface area contributed by atoms with Crippen LogP contribution in [0.2, 0.25) is 0 Å². The van der Waals surface area contributed by atoms with Crippen molar-refractivity contribution in [2.45, 2.75) is 71.3 Å². The number of rotatable bonds is 9. The Hall–Kier alpha value is -0.0400. The van der Waals surface area contributed by atoms with Gasteiger partial charge in [-0.25, -0.2) is 0 Å². The molecule has 0 bridgehead atoms. The molecule has 2 fully saturated rings. The van der Waals surface area contributed by atoms with Crippen molar-refractivity contribution in [2.24, 2.45) is 17.8 Å². The van der Waals surface area contributed by atoms with Crippen molar-refractivity contribution in [2.75, 3.05) is 6.54 Å². The smallest absolute Gasteiger partial charge is 0.00669 e. The molecule has 94 valence electrons. The first-order valence-electron chi connectivity index (χ1n) is 7.58. The van der Waals surface area contributed by atoms with Gasteiger partial charge in [0.1, 0.15) is 0 Å². The molecule has 0 unspecified atom stereocenters. The molecular weight excluding hydrogens is 194 g/mol. The van der Waals surface area contributed by atoms with Gasteiger partial charge in [0.15, 0.2) is 0 Å². The molecule has 0 amide bonds. The highest BCUT2D eigenvalue weighted by Gasteiger charge is 2.41. The minimum Gasteiger partial charge on any atom is -0.314 e. The van der Waals surface area contributed by atoms with Crippen LogP contribution in [0.5, 0.6) is 0 Å². The van der Waals surface area contributed by atoms with Crippen molar-refractivity contribution < 1.29 is 0 Å². The van der Waals surface area contributed by atoms with Gasteiger partial charge in [0.2, 0.25) is 0 Å². The minimum absolute atomic E-state index is 0.801. The zero-order valence-corrected chi connectivity index (χ0v) is 11.2. The van der Waals surface area contributed by atoms with Crippen molar-refractivity contribution >= 4 is 0 Å². The molecule has 0 spiro atoms. The minimum atomic E-state index is 0.801. The molecule has 0 atom stereocenters. The molecular formula is C15H29N. The third-order valence-corrected chi connectivity index (χ3v) is 4.37. The molecule has 1 heteroatoms. The van der Waals surface area contributed by atoms with Gasteiger partial charge in [-0.15, -0.1) is 0 Å². The molecule has 2 aliphatic carbocycles. The van der Waals surface area contributed by atoms with Gasteiger partial charge in [0.25, 0.3) is 0 Å². The van der Waals surface area contributed by atoms with Gasteiger partial charge >= 0.3 is 0 Å². The monoisotopic (exact) mass is 223 g/mol. The van der Waals surface area contributed by atoms with Crippen LogP contribution in [0.15, 0.2) is 0 Å². The Morgan fingerprint density at radius 3 is 1.81 bits per heavy atom. The molecule has 16 heavy (non-hydrogen) atoms. The first-order chi connectivity index (χ1) is 7.85. The van der Waals surface area contributed by atoms with Crippen molar-refractivity contribution in [3.05, 3.63) is 0 Å². The van der Waals surface area contributed by atoms with E-state index in [1.54, 1.807) is 0 Å². The summed E-state index contributed by atoms with van der Waals surface area (Å²) in [6.07, 6.45) is 11.5. The molecule has 2 aliphatic rings. The van der Waals surface area contributed by atoms with Crippen molar-refractivity contribution in [3.63, 3.8) is 0 Å². The summed E-state index contributed by atoms with van der Waals surface area (Å²) in [5.41, 5.74) is 0. The second kappa shape index (κ2) is 6.05. The van der Waals surface area contributed by atoms with E-state index in [0.29, 0.717) is 0 Å². The molecule has 2 saturated carbocycles. The van der Waals surface area contributed by atoms with Crippen LogP contribution in [-0.4, -0.2) is 12.6 Å². The summed E-state index contributed by atoms with van der Waals surface area (Å²) in [7, 11) is 0. The van der Waals surface area contributed by atoms with Crippen molar-refractivity contribution in [1.82, 2.24) is 5.32 Å². The number of hydrogen-bond acceptors (Lipinski definition) is 1. The predicted molar refractivity (Wildman–Crippen MR) is 70.5 cm³/mol. The van der Waals surface area contributed by atoms with Gasteiger partial charge < -0.3 is 5.32 Å². The zero-order chi connectivity index (χ0) is 11.4. The van der Waals surface area contributed by atoms with Crippen LogP contribution in [0.1, 0.15) is 65.2 Å². The van der Waals surface area contributed by atoms with E-state index >= 15 is 0 Å². The molecule has 0 aromatic rings. The van der Waals surface area contributed by atoms with Crippen LogP contribution in [0.3, 0.4) is 0 Å². The summed E-state index contributed by atoms with van der Waals surface area (Å²) < 4.78 is 0. The fourth-order valence-electron chi connectivity index (χ4n) is 3.12. The van der Waals surface area contributed by atoms with E-state index in [2.05, 4.69) is 19.2 Å². The lowest BCUT2D eigenvalue weighted by Gasteiger charge is -2.22. The molecule has 0 heterocycles. The first-order valence-corrected chi connectivity index (χ1v) is 7.58. The van der Waals surface area contributed by atoms with E-state index in [1.807, 2.05) is 0 Å². The quantitative estimate of drug-likeness (QED) is 0.623. The second-order valence-electron chi connectivity index (χ2n) is 6.02. The standard InChI is InChI=1S/C15H29N/c1-3-5-14(6-4-2)16-11-15(12-7-8-12)13-9-10-13/h12-16H,3-11H2,1-2H3. The molecule has 0 aromatic carbocycles. The maximum absolute atomic E-state index is 3.86. The largest absolute Gasteiger partial charge is 0.314 e. The highest BCUT2D eigenvalue weighted by Crippen LogP contribution is 2.48. The highest BCUT2D eigenvalue weighted by atomic mass is 14.9. The van der Waals surface area contributed by atoms with Crippen LogP contribution in [0.25, 0.3) is 0 Å². The first kappa shape index (κ1) is 12.4. The average Bonchev–Trinajstić information content (AvgIpc) is 3.13. The Balaban J connectivity index is 1.69. The Morgan fingerprint density at radius 2 is 1.44 bits per heavy atom. The van der Waals surface area contributed by atoms with Crippen LogP contribution in [0, 0.1) is 17.8 Å². The number of nitrogens with one attached hydrogen (secondary N) is 1. The summed E-state index contributed by atoms with van der Waals surface area (Å²) in [5, 5.41) is 3.86. The summed E-state index contributed by atoms with van der Waals surface area (Å²) in [5.74, 6) is 3.24. The van der Waals surface area contributed by atoms with E-state index in [0.717, 1.165) is 23.8 Å². The topological polar surface area (TPSA) is 12.0 Å². The molecule has 1 nitrogen and oxygen atoms in total. The molecule has 0 saturated heterocycles. The molecule has 0 radical (unpaired) electrons. The third-order valence-electron chi connectivity index (χ3n) is 4.37. The Bertz CT molecular complexity index is 176. The summed E-state index contributed by atoms with van der Waals surface area (Å²) in [6, 6.07) is 0.801. The van der Waals surface area contributed by atoms with E-state index < -0.39 is 0 Å². The molecule has 0 aliphatic heterocycles. The van der Waals surface area contributed by atoms with Gasteiger partial charge in [0, 0.05) is 6.04 Å². The van der Waals surface area contributed by atoms with Crippen LogP contribution < -0.4 is 5.32 Å². The Kier molecular flexibility index (Phi) is 4.69. The predicted octanol–water partition coefficient (Wildman–Crippen LogP) is 3.98. The lowest BCUT2D eigenvalue weighted by atomic mass is 9.96. The average molecular weight is 223 g/mol. The van der Waals surface area contributed by atoms with E-state index in [9.17, 15) is 0 Å². The van der Waals surface area contributed by atoms with Gasteiger partial charge in [-0.2, -0.15) is 0 Å². The van der Waals surface area contributed by atoms with Crippen LogP contribution in [0.4, 0.5) is 0 Å². The summed E-state index contributed by atoms with van der Waals surface area (Å²) in [4.78, 5) is 0. The highest BCUT2D eigenvalue weighted by molar-refractivity contribution is 4.92. The van der Waals surface area contributed by atoms with E-state index in [4.69, 9.17) is 0 Å². The summed E-state index contributed by atoms with van der Waals surface area (Å²) in [6.45, 7) is 5.94. The molecule has 1 N–H and O–H groups in total. The van der Waals surface area contributed by atoms with Crippen molar-refractivity contribution in [1.29, 1.82) is 0 Å². The van der Waals surface area contributed by atoms with Gasteiger partial charge in [-0.1, -0.05) is 26.7 Å². The van der Waals surface area contributed by atoms with Gasteiger partial charge in [-0.05, 0) is 62.8 Å². The van der Waals surface area contributed by atoms with E-state index in [-0.39, 0.29) is 0 Å². The SMILES string of the molecule is CCCC(CCC)NCC(C1CC1)C1CC1. The fraction of sp³-hybridized carbons (Fsp3) is 1.00. The Morgan fingerprint density at radius 1 is 0.938 bits per heavy atom. The zero-order valence-electron chi connectivity index (χ0n) is 11.2. The maximum Gasteiger partial charge on any atom is 0.00669 e. The fourth-order valence-corrected chi connectivity index (χ4v) is 3.12. The van der Waals surface area contributed by atoms with Gasteiger partial charge in [0.05, 0.1) is 0 Å². The van der Waals surface area contributed by atoms with E-state index in [1.165, 1.54) is 57.9 Å². The van der Waals surface area contributed by atoms with Crippen molar-refractivity contribution in [3.8, 4) is 0 Å². The Labute approximate surface area is 101 Å². The third kappa shape index (κ3) is 3.76. The number of hydrogen-bond donors (Lipinski definition) is 1. The summed E-state index contributed by atoms with van der Waals surface area (Å²) >= 11 is 0. The lowest BCUT2D eigenvalue weighted by molar-refractivity contribution is 0.337. The van der Waals surface area contributed by atoms with Crippen LogP contribution in [-0.2, 0) is 0 Å². The maximum atomic E-state index is 3.86. The molecule has 0 aromatic heterocycles.